The van der Waals surface area contributed by atoms with Crippen LogP contribution in [0.25, 0.3) is 0 Å². The molecule has 4 N–H and O–H groups in total. The molecule has 0 bridgehead atoms. The average Bonchev–Trinajstić information content (AvgIpc) is 2.46. The molecule has 2 aliphatic rings. The molecular weight excluding hydrogens is 294 g/mol. The molecule has 0 aromatic carbocycles. The second kappa shape index (κ2) is 4.66. The maximum Gasteiger partial charge on any atom is 0.365 e. The number of nitrogens with zero attached hydrogens (tertiary/aromatic N) is 2. The Kier molecular flexibility index (Phi) is 3.60. The van der Waals surface area contributed by atoms with Gasteiger partial charge in [0.25, 0.3) is 5.02 Å². The molecule has 0 spiro atoms. The van der Waals surface area contributed by atoms with Crippen molar-refractivity contribution in [3.8, 4) is 0 Å². The fourth-order valence-electron chi connectivity index (χ4n) is 2.08. The molecular formula is C9H14N2O6P2. The van der Waals surface area contributed by atoms with Gasteiger partial charge in [-0.1, -0.05) is 6.08 Å². The SMILES string of the molecule is O=P(O)(O)C1(P(=O)(O)O)CCCN2C=CC=CC2=N1. The predicted octanol–water partition coefficient (Wildman–Crippen LogP) is 0.573. The zero-order valence-corrected chi connectivity index (χ0v) is 11.6. The van der Waals surface area contributed by atoms with Crippen LogP contribution in [0.3, 0.4) is 0 Å². The third kappa shape index (κ3) is 2.48. The Morgan fingerprint density at radius 3 is 2.37 bits per heavy atom. The molecule has 0 amide bonds. The molecule has 106 valence electrons. The van der Waals surface area contributed by atoms with E-state index in [-0.39, 0.29) is 18.7 Å². The summed E-state index contributed by atoms with van der Waals surface area (Å²) in [6.45, 7) is 0.390. The van der Waals surface area contributed by atoms with Gasteiger partial charge >= 0.3 is 15.2 Å². The summed E-state index contributed by atoms with van der Waals surface area (Å²) in [5.41, 5.74) is 0. The molecule has 2 aliphatic heterocycles. The van der Waals surface area contributed by atoms with E-state index in [0.717, 1.165) is 0 Å². The van der Waals surface area contributed by atoms with E-state index in [4.69, 9.17) is 0 Å². The van der Waals surface area contributed by atoms with Gasteiger partial charge in [-0.2, -0.15) is 0 Å². The van der Waals surface area contributed by atoms with Crippen LogP contribution in [0.2, 0.25) is 0 Å². The van der Waals surface area contributed by atoms with Crippen LogP contribution in [-0.2, 0) is 9.13 Å². The zero-order chi connectivity index (χ0) is 14.3. The zero-order valence-electron chi connectivity index (χ0n) is 9.82. The van der Waals surface area contributed by atoms with Crippen LogP contribution in [0, 0.1) is 0 Å². The molecule has 0 aliphatic carbocycles. The van der Waals surface area contributed by atoms with E-state index in [1.807, 2.05) is 0 Å². The largest absolute Gasteiger partial charge is 0.365 e. The Bertz CT molecular complexity index is 535. The molecule has 0 aromatic rings. The lowest BCUT2D eigenvalue weighted by molar-refractivity contribution is 0.303. The second-order valence-corrected chi connectivity index (χ2v) is 8.34. The molecule has 0 fully saturated rings. The van der Waals surface area contributed by atoms with Crippen molar-refractivity contribution in [3.05, 3.63) is 24.4 Å². The first-order valence-electron chi connectivity index (χ1n) is 5.50. The van der Waals surface area contributed by atoms with Crippen molar-refractivity contribution < 1.29 is 28.7 Å². The van der Waals surface area contributed by atoms with E-state index in [2.05, 4.69) is 4.99 Å². The number of amidine groups is 1. The Labute approximate surface area is 109 Å². The molecule has 0 unspecified atom stereocenters. The molecule has 0 aromatic heterocycles. The van der Waals surface area contributed by atoms with E-state index >= 15 is 0 Å². The lowest BCUT2D eigenvalue weighted by Crippen LogP contribution is -2.29. The summed E-state index contributed by atoms with van der Waals surface area (Å²) in [6, 6.07) is 0. The molecule has 0 radical (unpaired) electrons. The van der Waals surface area contributed by atoms with Gasteiger partial charge in [0.1, 0.15) is 5.84 Å². The fraction of sp³-hybridized carbons (Fsp3) is 0.444. The van der Waals surface area contributed by atoms with Crippen molar-refractivity contribution in [2.24, 2.45) is 4.99 Å². The third-order valence-corrected chi connectivity index (χ3v) is 7.13. The quantitative estimate of drug-likeness (QED) is 0.549. The van der Waals surface area contributed by atoms with Crippen molar-refractivity contribution in [1.82, 2.24) is 4.90 Å². The van der Waals surface area contributed by atoms with Crippen LogP contribution in [0.4, 0.5) is 0 Å². The molecule has 0 saturated carbocycles. The number of rotatable bonds is 2. The van der Waals surface area contributed by atoms with E-state index < -0.39 is 20.2 Å². The van der Waals surface area contributed by atoms with Crippen LogP contribution >= 0.6 is 15.2 Å². The minimum Gasteiger partial charge on any atom is -0.333 e. The molecule has 0 atom stereocenters. The number of aliphatic imine (C=N–C) groups is 1. The van der Waals surface area contributed by atoms with Crippen molar-refractivity contribution >= 4 is 21.0 Å². The molecule has 2 rings (SSSR count). The number of hydrogen-bond donors (Lipinski definition) is 4. The Morgan fingerprint density at radius 1 is 1.16 bits per heavy atom. The number of allylic oxidation sites excluding steroid dienone is 2. The Morgan fingerprint density at radius 2 is 1.79 bits per heavy atom. The third-order valence-electron chi connectivity index (χ3n) is 3.05. The van der Waals surface area contributed by atoms with Gasteiger partial charge < -0.3 is 24.5 Å². The highest BCUT2D eigenvalue weighted by molar-refractivity contribution is 7.72. The fourth-order valence-corrected chi connectivity index (χ4v) is 4.80. The maximum absolute atomic E-state index is 11.6. The normalized spacial score (nSPS) is 22.7. The van der Waals surface area contributed by atoms with Gasteiger partial charge in [0.2, 0.25) is 0 Å². The van der Waals surface area contributed by atoms with Crippen LogP contribution in [0.5, 0.6) is 0 Å². The minimum absolute atomic E-state index is 0.145. The summed E-state index contributed by atoms with van der Waals surface area (Å²) in [5.74, 6) is 0.145. The molecule has 19 heavy (non-hydrogen) atoms. The summed E-state index contributed by atoms with van der Waals surface area (Å²) in [7, 11) is -10.2. The summed E-state index contributed by atoms with van der Waals surface area (Å²) >= 11 is 0. The van der Waals surface area contributed by atoms with Crippen LogP contribution in [-0.4, -0.2) is 41.9 Å². The van der Waals surface area contributed by atoms with Gasteiger partial charge in [-0.25, -0.2) is 4.99 Å². The summed E-state index contributed by atoms with van der Waals surface area (Å²) in [6.07, 6.45) is 6.25. The Hall–Kier alpha value is -0.750. The van der Waals surface area contributed by atoms with Crippen LogP contribution in [0.15, 0.2) is 29.4 Å². The van der Waals surface area contributed by atoms with Crippen LogP contribution < -0.4 is 0 Å². The predicted molar refractivity (Wildman–Crippen MR) is 68.5 cm³/mol. The first-order chi connectivity index (χ1) is 8.67. The first kappa shape index (κ1) is 14.7. The Balaban J connectivity index is 2.62. The minimum atomic E-state index is -5.12. The van der Waals surface area contributed by atoms with E-state index in [9.17, 15) is 28.7 Å². The monoisotopic (exact) mass is 308 g/mol. The smallest absolute Gasteiger partial charge is 0.333 e. The summed E-state index contributed by atoms with van der Waals surface area (Å²) < 4.78 is 23.2. The molecule has 10 heteroatoms. The van der Waals surface area contributed by atoms with E-state index in [1.165, 1.54) is 6.08 Å². The van der Waals surface area contributed by atoms with Gasteiger partial charge in [-0.05, 0) is 25.0 Å². The number of hydrogen-bond acceptors (Lipinski definition) is 4. The van der Waals surface area contributed by atoms with Gasteiger partial charge in [-0.15, -0.1) is 0 Å². The molecule has 0 saturated heterocycles. The van der Waals surface area contributed by atoms with E-state index in [1.54, 1.807) is 23.3 Å². The second-order valence-electron chi connectivity index (χ2n) is 4.33. The first-order valence-corrected chi connectivity index (χ1v) is 8.72. The van der Waals surface area contributed by atoms with Gasteiger partial charge in [0.05, 0.1) is 0 Å². The highest BCUT2D eigenvalue weighted by Gasteiger charge is 2.61. The highest BCUT2D eigenvalue weighted by atomic mass is 31.2. The standard InChI is InChI=1S/C9H14N2O6P2/c12-18(13,14)9(19(15,16)17)5-3-7-11-6-2-1-4-8(11)10-9/h1-2,4,6H,3,5,7H2,(H2,12,13,14)(H2,15,16,17). The van der Waals surface area contributed by atoms with E-state index in [0.29, 0.717) is 6.54 Å². The maximum atomic E-state index is 11.6. The number of fused-ring (bicyclic) bond motifs is 1. The lowest BCUT2D eigenvalue weighted by atomic mass is 10.3. The average molecular weight is 308 g/mol. The summed E-state index contributed by atoms with van der Waals surface area (Å²) in [5, 5.41) is -2.68. The van der Waals surface area contributed by atoms with Crippen molar-refractivity contribution in [3.63, 3.8) is 0 Å². The van der Waals surface area contributed by atoms with Gasteiger partial charge in [0.15, 0.2) is 0 Å². The molecule has 2 heterocycles. The van der Waals surface area contributed by atoms with Crippen molar-refractivity contribution in [1.29, 1.82) is 0 Å². The van der Waals surface area contributed by atoms with Gasteiger partial charge in [-0.3, -0.25) is 9.13 Å². The topological polar surface area (TPSA) is 131 Å². The van der Waals surface area contributed by atoms with Crippen LogP contribution in [0.1, 0.15) is 12.8 Å². The lowest BCUT2D eigenvalue weighted by Gasteiger charge is -2.30. The van der Waals surface area contributed by atoms with Crippen molar-refractivity contribution in [2.75, 3.05) is 6.54 Å². The summed E-state index contributed by atoms with van der Waals surface area (Å²) in [4.78, 5) is 42.9. The van der Waals surface area contributed by atoms with Gasteiger partial charge in [0, 0.05) is 12.7 Å². The van der Waals surface area contributed by atoms with Crippen molar-refractivity contribution in [2.45, 2.75) is 17.9 Å². The molecule has 8 nitrogen and oxygen atoms in total. The highest BCUT2D eigenvalue weighted by Crippen LogP contribution is 2.72.